The van der Waals surface area contributed by atoms with Crippen molar-refractivity contribution in [2.45, 2.75) is 19.9 Å². The van der Waals surface area contributed by atoms with Crippen molar-refractivity contribution >= 4 is 28.1 Å². The van der Waals surface area contributed by atoms with Crippen LogP contribution in [0.15, 0.2) is 40.9 Å². The van der Waals surface area contributed by atoms with Crippen LogP contribution in [0.2, 0.25) is 0 Å². The van der Waals surface area contributed by atoms with Crippen molar-refractivity contribution in [3.8, 4) is 11.3 Å². The van der Waals surface area contributed by atoms with Gasteiger partial charge in [-0.25, -0.2) is 19.9 Å². The Morgan fingerprint density at radius 3 is 2.62 bits per heavy atom. The Kier molecular flexibility index (Phi) is 4.77. The van der Waals surface area contributed by atoms with Crippen molar-refractivity contribution in [3.63, 3.8) is 0 Å². The molecule has 0 radical (unpaired) electrons. The number of aromatic nitrogens is 4. The summed E-state index contributed by atoms with van der Waals surface area (Å²) in [5.41, 5.74) is 4.97. The van der Waals surface area contributed by atoms with E-state index in [0.717, 1.165) is 66.4 Å². The van der Waals surface area contributed by atoms with Gasteiger partial charge in [0.2, 0.25) is 0 Å². The average Bonchev–Trinajstić information content (AvgIpc) is 3.17. The van der Waals surface area contributed by atoms with E-state index >= 15 is 0 Å². The molecule has 164 valence electrons. The molecule has 2 aliphatic heterocycles. The van der Waals surface area contributed by atoms with Crippen LogP contribution in [-0.2, 0) is 0 Å². The Balaban J connectivity index is 1.20. The first-order valence-electron chi connectivity index (χ1n) is 11.4. The predicted molar refractivity (Wildman–Crippen MR) is 125 cm³/mol. The van der Waals surface area contributed by atoms with E-state index in [2.05, 4.69) is 31.6 Å². The van der Waals surface area contributed by atoms with Crippen LogP contribution < -0.4 is 4.90 Å². The Morgan fingerprint density at radius 2 is 1.81 bits per heavy atom. The number of anilines is 1. The fourth-order valence-electron chi connectivity index (χ4n) is 4.72. The lowest BCUT2D eigenvalue weighted by Gasteiger charge is -2.48. The summed E-state index contributed by atoms with van der Waals surface area (Å²) >= 11 is 0. The third kappa shape index (κ3) is 3.49. The minimum atomic E-state index is 0.614. The Hall–Kier alpha value is -3.10. The van der Waals surface area contributed by atoms with Crippen LogP contribution >= 0.6 is 0 Å². The Labute approximate surface area is 186 Å². The second-order valence-corrected chi connectivity index (χ2v) is 8.71. The zero-order valence-electron chi connectivity index (χ0n) is 18.5. The SMILES string of the molecule is CCN1CCN(C2CN(c3cnc4ccc(-c5ccc6oc(C)nc6c5)nc4n3)C2)CC1. The zero-order valence-corrected chi connectivity index (χ0v) is 18.5. The number of nitrogens with zero attached hydrogens (tertiary/aromatic N) is 7. The third-order valence-corrected chi connectivity index (χ3v) is 6.74. The fraction of sp³-hybridized carbons (Fsp3) is 0.417. The van der Waals surface area contributed by atoms with E-state index in [4.69, 9.17) is 14.4 Å². The molecule has 0 amide bonds. The predicted octanol–water partition coefficient (Wildman–Crippen LogP) is 2.97. The molecule has 2 fully saturated rings. The topological polar surface area (TPSA) is 74.4 Å². The summed E-state index contributed by atoms with van der Waals surface area (Å²) in [4.78, 5) is 26.2. The third-order valence-electron chi connectivity index (χ3n) is 6.74. The normalized spacial score (nSPS) is 18.5. The zero-order chi connectivity index (χ0) is 21.7. The van der Waals surface area contributed by atoms with E-state index in [9.17, 15) is 0 Å². The van der Waals surface area contributed by atoms with Gasteiger partial charge in [0.1, 0.15) is 16.9 Å². The molecule has 1 aromatic carbocycles. The van der Waals surface area contributed by atoms with Gasteiger partial charge in [-0.05, 0) is 36.9 Å². The number of hydrogen-bond donors (Lipinski definition) is 0. The summed E-state index contributed by atoms with van der Waals surface area (Å²) in [6.45, 7) is 11.9. The monoisotopic (exact) mass is 429 g/mol. The number of aryl methyl sites for hydroxylation is 1. The number of oxazole rings is 1. The Morgan fingerprint density at radius 1 is 0.969 bits per heavy atom. The fourth-order valence-corrected chi connectivity index (χ4v) is 4.72. The number of pyridine rings is 1. The van der Waals surface area contributed by atoms with E-state index in [1.807, 2.05) is 43.5 Å². The molecule has 8 heteroatoms. The lowest BCUT2D eigenvalue weighted by Crippen LogP contribution is -2.63. The second-order valence-electron chi connectivity index (χ2n) is 8.71. The summed E-state index contributed by atoms with van der Waals surface area (Å²) in [6, 6.07) is 10.5. The molecule has 0 aliphatic carbocycles. The van der Waals surface area contributed by atoms with Crippen LogP contribution in [0.4, 0.5) is 5.82 Å². The van der Waals surface area contributed by atoms with Crippen molar-refractivity contribution in [2.75, 3.05) is 50.7 Å². The number of hydrogen-bond acceptors (Lipinski definition) is 8. The molecule has 5 heterocycles. The van der Waals surface area contributed by atoms with Gasteiger partial charge in [0, 0.05) is 57.8 Å². The summed E-state index contributed by atoms with van der Waals surface area (Å²) in [6.07, 6.45) is 1.87. The van der Waals surface area contributed by atoms with Crippen LogP contribution in [0.3, 0.4) is 0 Å². The highest BCUT2D eigenvalue weighted by molar-refractivity contribution is 5.82. The summed E-state index contributed by atoms with van der Waals surface area (Å²) < 4.78 is 5.59. The van der Waals surface area contributed by atoms with Crippen LogP contribution in [0.25, 0.3) is 33.5 Å². The van der Waals surface area contributed by atoms with Crippen molar-refractivity contribution in [2.24, 2.45) is 0 Å². The van der Waals surface area contributed by atoms with Crippen LogP contribution in [0, 0.1) is 6.92 Å². The number of rotatable bonds is 4. The van der Waals surface area contributed by atoms with Gasteiger partial charge in [-0.1, -0.05) is 6.92 Å². The molecule has 0 unspecified atom stereocenters. The maximum Gasteiger partial charge on any atom is 0.192 e. The molecule has 4 aromatic rings. The maximum absolute atomic E-state index is 5.59. The van der Waals surface area contributed by atoms with Crippen molar-refractivity contribution in [1.29, 1.82) is 0 Å². The van der Waals surface area contributed by atoms with Crippen LogP contribution in [0.1, 0.15) is 12.8 Å². The molecule has 8 nitrogen and oxygen atoms in total. The molecule has 2 saturated heterocycles. The first-order chi connectivity index (χ1) is 15.7. The Bertz CT molecular complexity index is 1270. The molecule has 32 heavy (non-hydrogen) atoms. The molecule has 3 aromatic heterocycles. The smallest absolute Gasteiger partial charge is 0.192 e. The standard InChI is InChI=1S/C24H27N7O/c1-3-29-8-10-30(11-9-29)18-14-31(15-18)23-13-25-20-6-5-19(27-24(20)28-23)17-4-7-22-21(12-17)26-16(2)32-22/h4-7,12-13,18H,3,8-11,14-15H2,1-2H3. The highest BCUT2D eigenvalue weighted by atomic mass is 16.3. The molecule has 0 atom stereocenters. The molecule has 0 spiro atoms. The van der Waals surface area contributed by atoms with Crippen LogP contribution in [0.5, 0.6) is 0 Å². The lowest BCUT2D eigenvalue weighted by molar-refractivity contribution is 0.0859. The van der Waals surface area contributed by atoms with E-state index in [1.54, 1.807) is 0 Å². The number of fused-ring (bicyclic) bond motifs is 2. The quantitative estimate of drug-likeness (QED) is 0.490. The van der Waals surface area contributed by atoms with Gasteiger partial charge in [0.05, 0.1) is 11.9 Å². The van der Waals surface area contributed by atoms with E-state index in [1.165, 1.54) is 13.1 Å². The summed E-state index contributed by atoms with van der Waals surface area (Å²) in [5, 5.41) is 0. The number of piperazine rings is 1. The second kappa shape index (κ2) is 7.79. The molecular weight excluding hydrogens is 402 g/mol. The lowest BCUT2D eigenvalue weighted by atomic mass is 10.1. The van der Waals surface area contributed by atoms with Crippen molar-refractivity contribution in [3.05, 3.63) is 42.4 Å². The van der Waals surface area contributed by atoms with Gasteiger partial charge in [0.15, 0.2) is 17.1 Å². The summed E-state index contributed by atoms with van der Waals surface area (Å²) in [5.74, 6) is 1.58. The minimum absolute atomic E-state index is 0.614. The maximum atomic E-state index is 5.59. The van der Waals surface area contributed by atoms with Gasteiger partial charge in [0.25, 0.3) is 0 Å². The van der Waals surface area contributed by atoms with Gasteiger partial charge >= 0.3 is 0 Å². The molecule has 6 rings (SSSR count). The first-order valence-corrected chi connectivity index (χ1v) is 11.4. The molecular formula is C24H27N7O. The highest BCUT2D eigenvalue weighted by Crippen LogP contribution is 2.27. The number of benzene rings is 1. The average molecular weight is 430 g/mol. The van der Waals surface area contributed by atoms with Gasteiger partial charge in [-0.15, -0.1) is 0 Å². The van der Waals surface area contributed by atoms with Gasteiger partial charge in [-0.3, -0.25) is 4.90 Å². The molecule has 2 aliphatic rings. The molecule has 0 N–H and O–H groups in total. The van der Waals surface area contributed by atoms with Crippen molar-refractivity contribution < 1.29 is 4.42 Å². The van der Waals surface area contributed by atoms with E-state index < -0.39 is 0 Å². The largest absolute Gasteiger partial charge is 0.441 e. The van der Waals surface area contributed by atoms with Crippen molar-refractivity contribution in [1.82, 2.24) is 29.7 Å². The van der Waals surface area contributed by atoms with Gasteiger partial charge in [-0.2, -0.15) is 0 Å². The first kappa shape index (κ1) is 19.6. The van der Waals surface area contributed by atoms with Crippen LogP contribution in [-0.4, -0.2) is 81.6 Å². The molecule has 0 bridgehead atoms. The summed E-state index contributed by atoms with van der Waals surface area (Å²) in [7, 11) is 0. The minimum Gasteiger partial charge on any atom is -0.441 e. The van der Waals surface area contributed by atoms with E-state index in [-0.39, 0.29) is 0 Å². The highest BCUT2D eigenvalue weighted by Gasteiger charge is 2.34. The van der Waals surface area contributed by atoms with Gasteiger partial charge < -0.3 is 14.2 Å². The molecule has 0 saturated carbocycles. The van der Waals surface area contributed by atoms with E-state index in [0.29, 0.717) is 17.6 Å². The number of likely N-dealkylation sites (N-methyl/N-ethyl adjacent to an activating group) is 1.